The van der Waals surface area contributed by atoms with E-state index in [0.717, 1.165) is 39.2 Å². The molecule has 0 aromatic carbocycles. The summed E-state index contributed by atoms with van der Waals surface area (Å²) in [6, 6.07) is 0. The summed E-state index contributed by atoms with van der Waals surface area (Å²) in [7, 11) is 1.79. The first-order chi connectivity index (χ1) is 9.28. The van der Waals surface area contributed by atoms with E-state index in [-0.39, 0.29) is 0 Å². The van der Waals surface area contributed by atoms with Gasteiger partial charge in [-0.3, -0.25) is 0 Å². The maximum atomic E-state index is 5.26. The summed E-state index contributed by atoms with van der Waals surface area (Å²) in [5.74, 6) is 0.663. The Balaban J connectivity index is 2.02. The van der Waals surface area contributed by atoms with Gasteiger partial charge in [0.1, 0.15) is 0 Å². The molecule has 19 heavy (non-hydrogen) atoms. The van der Waals surface area contributed by atoms with Gasteiger partial charge < -0.3 is 15.0 Å². The fraction of sp³-hybridized carbons (Fsp3) is 0.786. The van der Waals surface area contributed by atoms with Crippen molar-refractivity contribution in [3.8, 4) is 0 Å². The lowest BCUT2D eigenvalue weighted by atomic mass is 10.1. The third-order valence-corrected chi connectivity index (χ3v) is 4.75. The Labute approximate surface area is 120 Å². The van der Waals surface area contributed by atoms with E-state index < -0.39 is 0 Å². The third-order valence-electron chi connectivity index (χ3n) is 3.60. The Morgan fingerprint density at radius 1 is 1.47 bits per heavy atom. The van der Waals surface area contributed by atoms with Crippen LogP contribution in [-0.2, 0) is 17.7 Å². The molecule has 1 N–H and O–H groups in total. The van der Waals surface area contributed by atoms with Crippen LogP contribution in [0.2, 0.25) is 0 Å². The van der Waals surface area contributed by atoms with Crippen LogP contribution in [0.15, 0.2) is 0 Å². The number of hydrogen-bond donors (Lipinski definition) is 1. The first-order valence-corrected chi connectivity index (χ1v) is 8.03. The molecule has 0 aliphatic carbocycles. The van der Waals surface area contributed by atoms with Crippen LogP contribution in [0.5, 0.6) is 0 Å². The molecule has 0 saturated carbocycles. The molecule has 2 heterocycles. The minimum absolute atomic E-state index is 0.663. The molecule has 1 aliphatic rings. The van der Waals surface area contributed by atoms with Crippen molar-refractivity contribution in [3.05, 3.63) is 10.6 Å². The van der Waals surface area contributed by atoms with Crippen LogP contribution >= 0.6 is 11.3 Å². The van der Waals surface area contributed by atoms with Crippen molar-refractivity contribution in [2.75, 3.05) is 38.3 Å². The van der Waals surface area contributed by atoms with E-state index in [0.29, 0.717) is 5.92 Å². The van der Waals surface area contributed by atoms with Gasteiger partial charge in [0, 0.05) is 37.5 Å². The van der Waals surface area contributed by atoms with Crippen molar-refractivity contribution in [3.63, 3.8) is 0 Å². The number of nitrogens with zero attached hydrogens (tertiary/aromatic N) is 2. The summed E-state index contributed by atoms with van der Waals surface area (Å²) in [5, 5.41) is 4.60. The predicted molar refractivity (Wildman–Crippen MR) is 81.1 cm³/mol. The van der Waals surface area contributed by atoms with Gasteiger partial charge in [0.25, 0.3) is 0 Å². The first kappa shape index (κ1) is 14.8. The number of nitrogens with one attached hydrogen (secondary N) is 1. The van der Waals surface area contributed by atoms with Crippen LogP contribution in [0, 0.1) is 5.92 Å². The SMILES string of the molecule is CCNCc1sc(N2CCC(COC)C2)nc1CC. The molecule has 1 atom stereocenters. The summed E-state index contributed by atoms with van der Waals surface area (Å²) in [5.41, 5.74) is 1.26. The van der Waals surface area contributed by atoms with Crippen molar-refractivity contribution in [1.82, 2.24) is 10.3 Å². The van der Waals surface area contributed by atoms with Crippen LogP contribution < -0.4 is 10.2 Å². The van der Waals surface area contributed by atoms with Crippen LogP contribution in [0.1, 0.15) is 30.8 Å². The van der Waals surface area contributed by atoms with E-state index in [2.05, 4.69) is 24.1 Å². The zero-order valence-electron chi connectivity index (χ0n) is 12.2. The van der Waals surface area contributed by atoms with Gasteiger partial charge in [0.15, 0.2) is 5.13 Å². The highest BCUT2D eigenvalue weighted by atomic mass is 32.1. The predicted octanol–water partition coefficient (Wildman–Crippen LogP) is 2.29. The zero-order valence-corrected chi connectivity index (χ0v) is 13.1. The number of methoxy groups -OCH3 is 1. The fourth-order valence-corrected chi connectivity index (χ4v) is 3.69. The monoisotopic (exact) mass is 283 g/mol. The van der Waals surface area contributed by atoms with Crippen LogP contribution in [0.4, 0.5) is 5.13 Å². The molecule has 1 aromatic heterocycles. The molecule has 1 aromatic rings. The van der Waals surface area contributed by atoms with E-state index >= 15 is 0 Å². The van der Waals surface area contributed by atoms with E-state index in [9.17, 15) is 0 Å². The number of aromatic nitrogens is 1. The van der Waals surface area contributed by atoms with Crippen LogP contribution in [-0.4, -0.2) is 38.3 Å². The van der Waals surface area contributed by atoms with Gasteiger partial charge in [0.05, 0.1) is 12.3 Å². The van der Waals surface area contributed by atoms with Crippen LogP contribution in [0.3, 0.4) is 0 Å². The highest BCUT2D eigenvalue weighted by molar-refractivity contribution is 7.15. The lowest BCUT2D eigenvalue weighted by Crippen LogP contribution is -2.20. The molecule has 0 spiro atoms. The Morgan fingerprint density at radius 2 is 2.32 bits per heavy atom. The Kier molecular flexibility index (Phi) is 5.60. The van der Waals surface area contributed by atoms with Gasteiger partial charge in [0.2, 0.25) is 0 Å². The average molecular weight is 283 g/mol. The second kappa shape index (κ2) is 7.22. The van der Waals surface area contributed by atoms with Gasteiger partial charge in [-0.15, -0.1) is 11.3 Å². The van der Waals surface area contributed by atoms with Crippen molar-refractivity contribution < 1.29 is 4.74 Å². The standard InChI is InChI=1S/C14H25N3OS/c1-4-12-13(8-15-5-2)19-14(16-12)17-7-6-11(9-17)10-18-3/h11,15H,4-10H2,1-3H3. The molecule has 1 saturated heterocycles. The second-order valence-corrected chi connectivity index (χ2v) is 6.12. The minimum Gasteiger partial charge on any atom is -0.384 e. The normalized spacial score (nSPS) is 19.3. The van der Waals surface area contributed by atoms with Crippen molar-refractivity contribution in [1.29, 1.82) is 0 Å². The minimum atomic E-state index is 0.663. The number of thiazole rings is 1. The fourth-order valence-electron chi connectivity index (χ4n) is 2.54. The van der Waals surface area contributed by atoms with E-state index in [1.54, 1.807) is 7.11 Å². The van der Waals surface area contributed by atoms with Gasteiger partial charge >= 0.3 is 0 Å². The molecule has 0 amide bonds. The van der Waals surface area contributed by atoms with Crippen molar-refractivity contribution in [2.45, 2.75) is 33.2 Å². The molecular formula is C14H25N3OS. The quantitative estimate of drug-likeness (QED) is 0.833. The van der Waals surface area contributed by atoms with E-state index in [1.807, 2.05) is 11.3 Å². The number of aryl methyl sites for hydroxylation is 1. The number of ether oxygens (including phenoxy) is 1. The molecule has 5 heteroatoms. The summed E-state index contributed by atoms with van der Waals surface area (Å²) >= 11 is 1.85. The topological polar surface area (TPSA) is 37.4 Å². The number of rotatable bonds is 7. The van der Waals surface area contributed by atoms with Gasteiger partial charge in [-0.1, -0.05) is 13.8 Å². The first-order valence-electron chi connectivity index (χ1n) is 7.21. The molecule has 0 bridgehead atoms. The molecule has 108 valence electrons. The molecule has 1 aliphatic heterocycles. The lowest BCUT2D eigenvalue weighted by Gasteiger charge is -2.14. The third kappa shape index (κ3) is 3.68. The molecule has 1 fully saturated rings. The zero-order chi connectivity index (χ0) is 13.7. The highest BCUT2D eigenvalue weighted by Gasteiger charge is 2.25. The Morgan fingerprint density at radius 3 is 3.00 bits per heavy atom. The second-order valence-electron chi connectivity index (χ2n) is 5.06. The maximum absolute atomic E-state index is 5.26. The summed E-state index contributed by atoms with van der Waals surface area (Å²) in [6.45, 7) is 9.36. The van der Waals surface area contributed by atoms with Gasteiger partial charge in [-0.05, 0) is 19.4 Å². The Hall–Kier alpha value is -0.650. The Bertz CT molecular complexity index is 394. The van der Waals surface area contributed by atoms with Gasteiger partial charge in [-0.25, -0.2) is 4.98 Å². The molecule has 4 nitrogen and oxygen atoms in total. The van der Waals surface area contributed by atoms with Crippen molar-refractivity contribution in [2.24, 2.45) is 5.92 Å². The number of hydrogen-bond acceptors (Lipinski definition) is 5. The molecule has 1 unspecified atom stereocenters. The lowest BCUT2D eigenvalue weighted by molar-refractivity contribution is 0.161. The summed E-state index contributed by atoms with van der Waals surface area (Å²) in [6.07, 6.45) is 2.24. The van der Waals surface area contributed by atoms with Gasteiger partial charge in [-0.2, -0.15) is 0 Å². The van der Waals surface area contributed by atoms with E-state index in [4.69, 9.17) is 9.72 Å². The summed E-state index contributed by atoms with van der Waals surface area (Å²) < 4.78 is 5.26. The molecular weight excluding hydrogens is 258 g/mol. The van der Waals surface area contributed by atoms with Crippen LogP contribution in [0.25, 0.3) is 0 Å². The average Bonchev–Trinajstić information content (AvgIpc) is 3.02. The largest absolute Gasteiger partial charge is 0.384 e. The van der Waals surface area contributed by atoms with E-state index in [1.165, 1.54) is 22.1 Å². The maximum Gasteiger partial charge on any atom is 0.185 e. The number of anilines is 1. The summed E-state index contributed by atoms with van der Waals surface area (Å²) in [4.78, 5) is 8.64. The molecule has 2 rings (SSSR count). The highest BCUT2D eigenvalue weighted by Crippen LogP contribution is 2.30. The smallest absolute Gasteiger partial charge is 0.185 e. The van der Waals surface area contributed by atoms with Crippen molar-refractivity contribution >= 4 is 16.5 Å². The molecule has 0 radical (unpaired) electrons.